The Morgan fingerprint density at radius 3 is 1.33 bits per heavy atom. The second-order valence-electron chi connectivity index (χ2n) is 5.66. The molecule has 0 amide bonds. The van der Waals surface area contributed by atoms with E-state index in [1.165, 1.54) is 83.5 Å². The second-order valence-corrected chi connectivity index (χ2v) is 5.66. The number of unbranched alkanes of at least 4 members (excludes halogenated alkanes) is 10. The smallest absolute Gasteiger partial charge is 0.00399 e. The zero-order valence-electron chi connectivity index (χ0n) is 12.6. The van der Waals surface area contributed by atoms with E-state index < -0.39 is 0 Å². The van der Waals surface area contributed by atoms with Gasteiger partial charge in [-0.15, -0.1) is 0 Å². The van der Waals surface area contributed by atoms with Crippen molar-refractivity contribution in [2.24, 2.45) is 11.5 Å². The van der Waals surface area contributed by atoms with E-state index in [1.54, 1.807) is 0 Å². The predicted molar refractivity (Wildman–Crippen MR) is 82.7 cm³/mol. The maximum Gasteiger partial charge on any atom is 0.00399 e. The van der Waals surface area contributed by atoms with Gasteiger partial charge in [-0.05, 0) is 25.8 Å². The molecular formula is C16H36N2. The van der Waals surface area contributed by atoms with Gasteiger partial charge in [-0.2, -0.15) is 0 Å². The zero-order valence-corrected chi connectivity index (χ0v) is 12.6. The van der Waals surface area contributed by atoms with Crippen LogP contribution in [0.4, 0.5) is 0 Å². The SMILES string of the molecule is CCCCCCCCCCCCCN.NC1CC1. The van der Waals surface area contributed by atoms with Crippen LogP contribution in [0.3, 0.4) is 0 Å². The molecule has 0 aromatic carbocycles. The first-order valence-electron chi connectivity index (χ1n) is 8.27. The molecule has 0 unspecified atom stereocenters. The molecule has 1 saturated carbocycles. The standard InChI is InChI=1S/C13H29N.C3H7N/c1-2-3-4-5-6-7-8-9-10-11-12-13-14;4-3-1-2-3/h2-14H2,1H3;3H,1-2,4H2. The summed E-state index contributed by atoms with van der Waals surface area (Å²) in [6.07, 6.45) is 17.9. The fourth-order valence-corrected chi connectivity index (χ4v) is 1.90. The molecule has 0 aromatic rings. The van der Waals surface area contributed by atoms with Crippen molar-refractivity contribution in [2.45, 2.75) is 96.4 Å². The minimum atomic E-state index is 0.583. The molecule has 0 saturated heterocycles. The summed E-state index contributed by atoms with van der Waals surface area (Å²) in [5, 5.41) is 0. The quantitative estimate of drug-likeness (QED) is 0.540. The summed E-state index contributed by atoms with van der Waals surface area (Å²) < 4.78 is 0. The molecule has 0 heterocycles. The molecule has 0 atom stereocenters. The van der Waals surface area contributed by atoms with Gasteiger partial charge >= 0.3 is 0 Å². The van der Waals surface area contributed by atoms with Crippen molar-refractivity contribution >= 4 is 0 Å². The molecule has 0 radical (unpaired) electrons. The molecule has 0 aliphatic heterocycles. The predicted octanol–water partition coefficient (Wildman–Crippen LogP) is 4.36. The Hall–Kier alpha value is -0.0800. The lowest BCUT2D eigenvalue weighted by molar-refractivity contribution is 0.551. The molecule has 0 spiro atoms. The van der Waals surface area contributed by atoms with Gasteiger partial charge in [0.25, 0.3) is 0 Å². The topological polar surface area (TPSA) is 52.0 Å². The largest absolute Gasteiger partial charge is 0.330 e. The van der Waals surface area contributed by atoms with Gasteiger partial charge in [0.15, 0.2) is 0 Å². The fraction of sp³-hybridized carbons (Fsp3) is 1.00. The molecular weight excluding hydrogens is 220 g/mol. The Morgan fingerprint density at radius 2 is 1.06 bits per heavy atom. The van der Waals surface area contributed by atoms with E-state index in [0.717, 1.165) is 6.54 Å². The van der Waals surface area contributed by atoms with Crippen LogP contribution in [-0.2, 0) is 0 Å². The zero-order chi connectivity index (χ0) is 13.5. The molecule has 1 aliphatic carbocycles. The van der Waals surface area contributed by atoms with Crippen molar-refractivity contribution < 1.29 is 0 Å². The van der Waals surface area contributed by atoms with E-state index in [-0.39, 0.29) is 0 Å². The maximum atomic E-state index is 5.44. The van der Waals surface area contributed by atoms with Gasteiger partial charge in [0, 0.05) is 6.04 Å². The van der Waals surface area contributed by atoms with Crippen LogP contribution in [0.15, 0.2) is 0 Å². The third-order valence-corrected chi connectivity index (χ3v) is 3.43. The van der Waals surface area contributed by atoms with Crippen molar-refractivity contribution in [2.75, 3.05) is 6.54 Å². The lowest BCUT2D eigenvalue weighted by atomic mass is 10.1. The van der Waals surface area contributed by atoms with Crippen LogP contribution in [-0.4, -0.2) is 12.6 Å². The highest BCUT2D eigenvalue weighted by Crippen LogP contribution is 2.14. The third-order valence-electron chi connectivity index (χ3n) is 3.43. The number of nitrogens with two attached hydrogens (primary N) is 2. The lowest BCUT2D eigenvalue weighted by Gasteiger charge is -2.01. The molecule has 18 heavy (non-hydrogen) atoms. The van der Waals surface area contributed by atoms with Gasteiger partial charge in [-0.25, -0.2) is 0 Å². The van der Waals surface area contributed by atoms with Crippen LogP contribution in [0.2, 0.25) is 0 Å². The van der Waals surface area contributed by atoms with Gasteiger partial charge in [0.1, 0.15) is 0 Å². The van der Waals surface area contributed by atoms with E-state index >= 15 is 0 Å². The monoisotopic (exact) mass is 256 g/mol. The molecule has 110 valence electrons. The van der Waals surface area contributed by atoms with Crippen LogP contribution in [0, 0.1) is 0 Å². The molecule has 2 nitrogen and oxygen atoms in total. The van der Waals surface area contributed by atoms with Crippen molar-refractivity contribution in [3.63, 3.8) is 0 Å². The molecule has 1 rings (SSSR count). The second kappa shape index (κ2) is 15.0. The minimum absolute atomic E-state index is 0.583. The van der Waals surface area contributed by atoms with Crippen molar-refractivity contribution in [1.82, 2.24) is 0 Å². The molecule has 2 heteroatoms. The normalized spacial score (nSPS) is 14.2. The van der Waals surface area contributed by atoms with Gasteiger partial charge in [0.05, 0.1) is 0 Å². The fourth-order valence-electron chi connectivity index (χ4n) is 1.90. The summed E-state index contributed by atoms with van der Waals surface area (Å²) in [5.41, 5.74) is 10.7. The highest BCUT2D eigenvalue weighted by molar-refractivity contribution is 4.75. The average molecular weight is 256 g/mol. The molecule has 1 fully saturated rings. The summed E-state index contributed by atoms with van der Waals surface area (Å²) >= 11 is 0. The Morgan fingerprint density at radius 1 is 0.722 bits per heavy atom. The molecule has 0 aromatic heterocycles. The summed E-state index contributed by atoms with van der Waals surface area (Å²) in [7, 11) is 0. The number of rotatable bonds is 11. The van der Waals surface area contributed by atoms with Crippen LogP contribution >= 0.6 is 0 Å². The van der Waals surface area contributed by atoms with Crippen molar-refractivity contribution in [3.8, 4) is 0 Å². The average Bonchev–Trinajstić information content (AvgIpc) is 3.15. The highest BCUT2D eigenvalue weighted by atomic mass is 14.7. The van der Waals surface area contributed by atoms with Gasteiger partial charge < -0.3 is 11.5 Å². The number of hydrogen-bond acceptors (Lipinski definition) is 2. The van der Waals surface area contributed by atoms with Crippen LogP contribution < -0.4 is 11.5 Å². The van der Waals surface area contributed by atoms with Gasteiger partial charge in [0.2, 0.25) is 0 Å². The van der Waals surface area contributed by atoms with Gasteiger partial charge in [-0.1, -0.05) is 71.1 Å². The van der Waals surface area contributed by atoms with Crippen LogP contribution in [0.1, 0.15) is 90.4 Å². The van der Waals surface area contributed by atoms with E-state index in [2.05, 4.69) is 6.92 Å². The Labute approximate surface area is 115 Å². The summed E-state index contributed by atoms with van der Waals surface area (Å²) in [4.78, 5) is 0. The van der Waals surface area contributed by atoms with E-state index in [1.807, 2.05) is 0 Å². The lowest BCUT2D eigenvalue weighted by Crippen LogP contribution is -1.97. The minimum Gasteiger partial charge on any atom is -0.330 e. The van der Waals surface area contributed by atoms with Gasteiger partial charge in [-0.3, -0.25) is 0 Å². The first kappa shape index (κ1) is 17.9. The summed E-state index contributed by atoms with van der Waals surface area (Å²) in [6, 6.07) is 0.583. The first-order valence-corrected chi connectivity index (χ1v) is 8.27. The summed E-state index contributed by atoms with van der Waals surface area (Å²) in [5.74, 6) is 0. The highest BCUT2D eigenvalue weighted by Gasteiger charge is 2.13. The molecule has 0 bridgehead atoms. The van der Waals surface area contributed by atoms with Crippen LogP contribution in [0.5, 0.6) is 0 Å². The summed E-state index contributed by atoms with van der Waals surface area (Å²) in [6.45, 7) is 3.15. The molecule has 1 aliphatic rings. The van der Waals surface area contributed by atoms with Crippen molar-refractivity contribution in [3.05, 3.63) is 0 Å². The Bertz CT molecular complexity index is 132. The van der Waals surface area contributed by atoms with Crippen molar-refractivity contribution in [1.29, 1.82) is 0 Å². The van der Waals surface area contributed by atoms with E-state index in [4.69, 9.17) is 11.5 Å². The van der Waals surface area contributed by atoms with E-state index in [0.29, 0.717) is 6.04 Å². The molecule has 4 N–H and O–H groups in total. The Kier molecular flexibility index (Phi) is 14.9. The van der Waals surface area contributed by atoms with Crippen LogP contribution in [0.25, 0.3) is 0 Å². The Balaban J connectivity index is 0.000000601. The number of hydrogen-bond donors (Lipinski definition) is 2. The van der Waals surface area contributed by atoms with E-state index in [9.17, 15) is 0 Å². The maximum absolute atomic E-state index is 5.44. The first-order chi connectivity index (χ1) is 8.81. The third kappa shape index (κ3) is 18.3.